The first-order chi connectivity index (χ1) is 10.2. The maximum Gasteiger partial charge on any atom is 0.193 e. The molecule has 4 heteroatoms. The molecule has 0 heterocycles. The summed E-state index contributed by atoms with van der Waals surface area (Å²) in [5.74, 6) is 0.363. The van der Waals surface area contributed by atoms with Gasteiger partial charge in [-0.3, -0.25) is 0 Å². The largest absolute Gasteiger partial charge is 0.370 e. The Bertz CT molecular complexity index is 666. The monoisotopic (exact) mass is 278 g/mol. The Hall–Kier alpha value is -2.80. The quantitative estimate of drug-likeness (QED) is 0.666. The highest BCUT2D eigenvalue weighted by atomic mass is 15.1. The van der Waals surface area contributed by atoms with E-state index in [0.717, 1.165) is 17.7 Å². The molecule has 0 aliphatic heterocycles. The van der Waals surface area contributed by atoms with E-state index in [2.05, 4.69) is 35.4 Å². The van der Waals surface area contributed by atoms with Gasteiger partial charge in [-0.2, -0.15) is 5.26 Å². The molecule has 2 rings (SSSR count). The highest BCUT2D eigenvalue weighted by Gasteiger charge is 1.97. The molecular weight excluding hydrogens is 260 g/mol. The topological polar surface area (TPSA) is 74.2 Å². The predicted molar refractivity (Wildman–Crippen MR) is 85.9 cm³/mol. The molecule has 2 aromatic rings. The molecule has 3 N–H and O–H groups in total. The first kappa shape index (κ1) is 14.6. The molecular formula is C17H18N4. The van der Waals surface area contributed by atoms with E-state index in [1.165, 1.54) is 5.56 Å². The minimum atomic E-state index is 0.363. The second-order valence-electron chi connectivity index (χ2n) is 4.69. The van der Waals surface area contributed by atoms with Gasteiger partial charge in [0.05, 0.1) is 18.2 Å². The van der Waals surface area contributed by atoms with Gasteiger partial charge in [0.15, 0.2) is 5.96 Å². The third kappa shape index (κ3) is 4.36. The van der Waals surface area contributed by atoms with Crippen LogP contribution in [0.3, 0.4) is 0 Å². The van der Waals surface area contributed by atoms with E-state index < -0.39 is 0 Å². The Morgan fingerprint density at radius 1 is 1.19 bits per heavy atom. The Labute approximate surface area is 124 Å². The lowest BCUT2D eigenvalue weighted by atomic mass is 10.1. The van der Waals surface area contributed by atoms with Crippen molar-refractivity contribution in [3.8, 4) is 6.07 Å². The van der Waals surface area contributed by atoms with Gasteiger partial charge in [-0.1, -0.05) is 31.2 Å². The molecule has 0 aliphatic rings. The zero-order valence-corrected chi connectivity index (χ0v) is 12.0. The van der Waals surface area contributed by atoms with Crippen molar-refractivity contribution >= 4 is 11.6 Å². The van der Waals surface area contributed by atoms with E-state index in [1.54, 1.807) is 6.07 Å². The fourth-order valence-corrected chi connectivity index (χ4v) is 1.93. The molecule has 21 heavy (non-hydrogen) atoms. The van der Waals surface area contributed by atoms with Crippen LogP contribution in [0.5, 0.6) is 0 Å². The zero-order valence-electron chi connectivity index (χ0n) is 12.0. The summed E-state index contributed by atoms with van der Waals surface area (Å²) in [4.78, 5) is 4.28. The third-order valence-corrected chi connectivity index (χ3v) is 3.12. The van der Waals surface area contributed by atoms with Gasteiger partial charge in [0.1, 0.15) is 0 Å². The van der Waals surface area contributed by atoms with E-state index >= 15 is 0 Å². The summed E-state index contributed by atoms with van der Waals surface area (Å²) in [6, 6.07) is 17.5. The van der Waals surface area contributed by atoms with Crippen LogP contribution in [0.15, 0.2) is 53.5 Å². The number of hydrogen-bond acceptors (Lipinski definition) is 2. The van der Waals surface area contributed by atoms with Crippen molar-refractivity contribution in [1.29, 1.82) is 5.26 Å². The summed E-state index contributed by atoms with van der Waals surface area (Å²) >= 11 is 0. The second kappa shape index (κ2) is 7.11. The lowest BCUT2D eigenvalue weighted by Crippen LogP contribution is -2.22. The molecule has 106 valence electrons. The van der Waals surface area contributed by atoms with Crippen LogP contribution in [0, 0.1) is 11.3 Å². The van der Waals surface area contributed by atoms with Crippen molar-refractivity contribution in [2.75, 3.05) is 5.32 Å². The number of nitriles is 1. The number of anilines is 1. The third-order valence-electron chi connectivity index (χ3n) is 3.12. The Balaban J connectivity index is 1.98. The van der Waals surface area contributed by atoms with Crippen LogP contribution in [0.1, 0.15) is 23.6 Å². The molecule has 0 spiro atoms. The number of guanidine groups is 1. The molecule has 0 atom stereocenters. The van der Waals surface area contributed by atoms with Crippen LogP contribution in [-0.4, -0.2) is 5.96 Å². The second-order valence-corrected chi connectivity index (χ2v) is 4.69. The van der Waals surface area contributed by atoms with Gasteiger partial charge in [0.2, 0.25) is 0 Å². The summed E-state index contributed by atoms with van der Waals surface area (Å²) in [6.07, 6.45) is 1.01. The SMILES string of the molecule is CCc1ccc(NC(N)=NCc2cccc(C#N)c2)cc1. The van der Waals surface area contributed by atoms with Crippen molar-refractivity contribution in [2.45, 2.75) is 19.9 Å². The maximum absolute atomic E-state index is 8.85. The molecule has 0 unspecified atom stereocenters. The lowest BCUT2D eigenvalue weighted by molar-refractivity contribution is 1.06. The Morgan fingerprint density at radius 2 is 1.95 bits per heavy atom. The summed E-state index contributed by atoms with van der Waals surface area (Å²) in [5.41, 5.74) is 9.65. The van der Waals surface area contributed by atoms with Crippen molar-refractivity contribution in [1.82, 2.24) is 0 Å². The van der Waals surface area contributed by atoms with Crippen LogP contribution >= 0.6 is 0 Å². The molecule has 4 nitrogen and oxygen atoms in total. The number of hydrogen-bond donors (Lipinski definition) is 2. The number of benzene rings is 2. The fraction of sp³-hybridized carbons (Fsp3) is 0.176. The molecule has 0 aromatic heterocycles. The molecule has 2 aromatic carbocycles. The normalized spacial score (nSPS) is 11.0. The number of aryl methyl sites for hydroxylation is 1. The van der Waals surface area contributed by atoms with Gasteiger partial charge < -0.3 is 11.1 Å². The summed E-state index contributed by atoms with van der Waals surface area (Å²) < 4.78 is 0. The van der Waals surface area contributed by atoms with Crippen molar-refractivity contribution in [3.63, 3.8) is 0 Å². The first-order valence-corrected chi connectivity index (χ1v) is 6.86. The van der Waals surface area contributed by atoms with Crippen LogP contribution < -0.4 is 11.1 Å². The highest BCUT2D eigenvalue weighted by molar-refractivity contribution is 5.92. The molecule has 0 amide bonds. The minimum absolute atomic E-state index is 0.363. The van der Waals surface area contributed by atoms with E-state index in [4.69, 9.17) is 11.0 Å². The van der Waals surface area contributed by atoms with Crippen LogP contribution in [0.25, 0.3) is 0 Å². The predicted octanol–water partition coefficient (Wildman–Crippen LogP) is 3.05. The summed E-state index contributed by atoms with van der Waals surface area (Å²) in [6.45, 7) is 2.56. The Morgan fingerprint density at radius 3 is 2.62 bits per heavy atom. The number of rotatable bonds is 4. The average molecular weight is 278 g/mol. The van der Waals surface area contributed by atoms with Crippen molar-refractivity contribution < 1.29 is 0 Å². The lowest BCUT2D eigenvalue weighted by Gasteiger charge is -2.06. The molecule has 0 radical (unpaired) electrons. The molecule has 0 fully saturated rings. The number of nitrogens with two attached hydrogens (primary N) is 1. The molecule has 0 bridgehead atoms. The summed E-state index contributed by atoms with van der Waals surface area (Å²) in [5, 5.41) is 11.9. The standard InChI is InChI=1S/C17H18N4/c1-2-13-6-8-16(9-7-13)21-17(19)20-12-15-5-3-4-14(10-15)11-18/h3-10H,2,12H2,1H3,(H3,19,20,21). The maximum atomic E-state index is 8.85. The molecule has 0 aliphatic carbocycles. The van der Waals surface area contributed by atoms with Gasteiger partial charge in [-0.15, -0.1) is 0 Å². The van der Waals surface area contributed by atoms with Crippen LogP contribution in [0.4, 0.5) is 5.69 Å². The van der Waals surface area contributed by atoms with Gasteiger partial charge in [-0.05, 0) is 41.8 Å². The van der Waals surface area contributed by atoms with E-state index in [0.29, 0.717) is 18.1 Å². The van der Waals surface area contributed by atoms with E-state index in [-0.39, 0.29) is 0 Å². The van der Waals surface area contributed by atoms with Crippen LogP contribution in [0.2, 0.25) is 0 Å². The Kier molecular flexibility index (Phi) is 4.94. The highest BCUT2D eigenvalue weighted by Crippen LogP contribution is 2.10. The van der Waals surface area contributed by atoms with E-state index in [9.17, 15) is 0 Å². The summed E-state index contributed by atoms with van der Waals surface area (Å²) in [7, 11) is 0. The number of nitrogens with one attached hydrogen (secondary N) is 1. The van der Waals surface area contributed by atoms with E-state index in [1.807, 2.05) is 30.3 Å². The average Bonchev–Trinajstić information content (AvgIpc) is 2.54. The van der Waals surface area contributed by atoms with Crippen molar-refractivity contribution in [3.05, 3.63) is 65.2 Å². The van der Waals surface area contributed by atoms with Gasteiger partial charge >= 0.3 is 0 Å². The van der Waals surface area contributed by atoms with Crippen molar-refractivity contribution in [2.24, 2.45) is 10.7 Å². The fourth-order valence-electron chi connectivity index (χ4n) is 1.93. The van der Waals surface area contributed by atoms with Gasteiger partial charge in [-0.25, -0.2) is 4.99 Å². The number of nitrogens with zero attached hydrogens (tertiary/aromatic N) is 2. The zero-order chi connectivity index (χ0) is 15.1. The molecule has 0 saturated heterocycles. The minimum Gasteiger partial charge on any atom is -0.370 e. The number of aliphatic imine (C=N–C) groups is 1. The van der Waals surface area contributed by atoms with Gasteiger partial charge in [0.25, 0.3) is 0 Å². The first-order valence-electron chi connectivity index (χ1n) is 6.86. The van der Waals surface area contributed by atoms with Crippen LogP contribution in [-0.2, 0) is 13.0 Å². The smallest absolute Gasteiger partial charge is 0.193 e. The van der Waals surface area contributed by atoms with Gasteiger partial charge in [0, 0.05) is 5.69 Å². The molecule has 0 saturated carbocycles.